The van der Waals surface area contributed by atoms with Crippen molar-refractivity contribution >= 4 is 11.6 Å². The summed E-state index contributed by atoms with van der Waals surface area (Å²) in [5, 5.41) is 0.693. The van der Waals surface area contributed by atoms with E-state index in [2.05, 4.69) is 29.2 Å². The number of halogens is 1. The Hall–Kier alpha value is -1.55. The van der Waals surface area contributed by atoms with Crippen molar-refractivity contribution < 1.29 is 4.74 Å². The minimum atomic E-state index is 0.00344. The lowest BCUT2D eigenvalue weighted by atomic mass is 10.0. The summed E-state index contributed by atoms with van der Waals surface area (Å²) in [4.78, 5) is 2.37. The molecule has 2 N–H and O–H groups in total. The lowest BCUT2D eigenvalue weighted by molar-refractivity contribution is 0.142. The number of ether oxygens (including phenoxy) is 1. The minimum Gasteiger partial charge on any atom is -0.484 e. The molecule has 116 valence electrons. The molecule has 0 spiro atoms. The molecule has 2 aromatic carbocycles. The minimum absolute atomic E-state index is 0.00344. The van der Waals surface area contributed by atoms with E-state index in [0.717, 1.165) is 31.8 Å². The summed E-state index contributed by atoms with van der Waals surface area (Å²) in [5.41, 5.74) is 8.35. The molecule has 3 nitrogen and oxygen atoms in total. The number of hydrogen-bond donors (Lipinski definition) is 1. The largest absolute Gasteiger partial charge is 0.484 e. The molecular formula is C18H21ClN2O. The molecule has 0 amide bonds. The van der Waals surface area contributed by atoms with Crippen LogP contribution in [0.1, 0.15) is 17.2 Å². The summed E-state index contributed by atoms with van der Waals surface area (Å²) < 4.78 is 6.25. The molecule has 1 aliphatic heterocycles. The van der Waals surface area contributed by atoms with E-state index in [4.69, 9.17) is 22.1 Å². The third kappa shape index (κ3) is 3.61. The van der Waals surface area contributed by atoms with Gasteiger partial charge in [-0.05, 0) is 35.7 Å². The van der Waals surface area contributed by atoms with Crippen molar-refractivity contribution in [2.24, 2.45) is 5.73 Å². The van der Waals surface area contributed by atoms with Crippen molar-refractivity contribution in [3.63, 3.8) is 0 Å². The van der Waals surface area contributed by atoms with Gasteiger partial charge < -0.3 is 10.5 Å². The number of nitrogens with two attached hydrogens (primary N) is 1. The van der Waals surface area contributed by atoms with E-state index >= 15 is 0 Å². The fraction of sp³-hybridized carbons (Fsp3) is 0.333. The average molecular weight is 317 g/mol. The van der Waals surface area contributed by atoms with E-state index in [-0.39, 0.29) is 6.10 Å². The van der Waals surface area contributed by atoms with Gasteiger partial charge in [-0.15, -0.1) is 0 Å². The van der Waals surface area contributed by atoms with Gasteiger partial charge in [0.2, 0.25) is 0 Å². The number of rotatable bonds is 4. The molecule has 1 aliphatic rings. The molecule has 4 heteroatoms. The Morgan fingerprint density at radius 2 is 2.05 bits per heavy atom. The van der Waals surface area contributed by atoms with Crippen molar-refractivity contribution in [2.75, 3.05) is 26.2 Å². The maximum absolute atomic E-state index is 6.25. The lowest BCUT2D eigenvalue weighted by Gasteiger charge is -2.25. The van der Waals surface area contributed by atoms with Gasteiger partial charge in [-0.3, -0.25) is 4.90 Å². The third-order valence-corrected chi connectivity index (χ3v) is 4.28. The summed E-state index contributed by atoms with van der Waals surface area (Å²) in [6, 6.07) is 16.1. The van der Waals surface area contributed by atoms with Crippen LogP contribution in [0.2, 0.25) is 5.02 Å². The molecule has 0 fully saturated rings. The zero-order valence-electron chi connectivity index (χ0n) is 12.5. The monoisotopic (exact) mass is 316 g/mol. The fourth-order valence-electron chi connectivity index (χ4n) is 2.97. The molecule has 0 aliphatic carbocycles. The van der Waals surface area contributed by atoms with Crippen LogP contribution in [0.5, 0.6) is 5.75 Å². The highest BCUT2D eigenvalue weighted by molar-refractivity contribution is 6.30. The second kappa shape index (κ2) is 7.14. The summed E-state index contributed by atoms with van der Waals surface area (Å²) >= 11 is 6.07. The summed E-state index contributed by atoms with van der Waals surface area (Å²) in [7, 11) is 0. The first kappa shape index (κ1) is 15.3. The Balaban J connectivity index is 1.87. The second-order valence-corrected chi connectivity index (χ2v) is 6.04. The smallest absolute Gasteiger partial charge is 0.137 e. The van der Waals surface area contributed by atoms with Crippen molar-refractivity contribution in [1.29, 1.82) is 0 Å². The van der Waals surface area contributed by atoms with E-state index in [1.165, 1.54) is 11.1 Å². The number of hydrogen-bond acceptors (Lipinski definition) is 3. The quantitative estimate of drug-likeness (QED) is 0.941. The van der Waals surface area contributed by atoms with E-state index in [1.54, 1.807) is 0 Å². The first-order valence-electron chi connectivity index (χ1n) is 7.68. The second-order valence-electron chi connectivity index (χ2n) is 5.60. The molecule has 2 aromatic rings. The van der Waals surface area contributed by atoms with Gasteiger partial charge in [0, 0.05) is 31.2 Å². The molecule has 0 saturated carbocycles. The molecule has 0 bridgehead atoms. The summed E-state index contributed by atoms with van der Waals surface area (Å²) in [6.45, 7) is 3.42. The number of fused-ring (bicyclic) bond motifs is 1. The van der Waals surface area contributed by atoms with Gasteiger partial charge in [0.1, 0.15) is 11.9 Å². The Kier molecular flexibility index (Phi) is 4.98. The van der Waals surface area contributed by atoms with Crippen molar-refractivity contribution in [3.8, 4) is 5.75 Å². The maximum atomic E-state index is 6.25. The molecule has 22 heavy (non-hydrogen) atoms. The zero-order valence-corrected chi connectivity index (χ0v) is 13.3. The molecule has 1 heterocycles. The summed E-state index contributed by atoms with van der Waals surface area (Å²) in [6.07, 6.45) is 1.04. The van der Waals surface area contributed by atoms with Crippen molar-refractivity contribution in [1.82, 2.24) is 4.90 Å². The molecule has 1 unspecified atom stereocenters. The van der Waals surface area contributed by atoms with Crippen LogP contribution in [-0.2, 0) is 6.42 Å². The summed E-state index contributed by atoms with van der Waals surface area (Å²) in [5.74, 6) is 0.807. The zero-order chi connectivity index (χ0) is 15.4. The van der Waals surface area contributed by atoms with E-state index in [9.17, 15) is 0 Å². The van der Waals surface area contributed by atoms with E-state index in [1.807, 2.05) is 24.3 Å². The number of benzene rings is 2. The van der Waals surface area contributed by atoms with Crippen LogP contribution in [0, 0.1) is 0 Å². The van der Waals surface area contributed by atoms with Crippen LogP contribution < -0.4 is 10.5 Å². The Bertz CT molecular complexity index is 632. The predicted molar refractivity (Wildman–Crippen MR) is 90.5 cm³/mol. The third-order valence-electron chi connectivity index (χ3n) is 4.04. The first-order valence-corrected chi connectivity index (χ1v) is 8.06. The van der Waals surface area contributed by atoms with Gasteiger partial charge in [0.25, 0.3) is 0 Å². The van der Waals surface area contributed by atoms with Gasteiger partial charge in [-0.2, -0.15) is 0 Å². The lowest BCUT2D eigenvalue weighted by Crippen LogP contribution is -2.34. The highest BCUT2D eigenvalue weighted by atomic mass is 35.5. The Labute approximate surface area is 136 Å². The highest BCUT2D eigenvalue weighted by Crippen LogP contribution is 2.29. The predicted octanol–water partition coefficient (Wildman–Crippen LogP) is 3.28. The van der Waals surface area contributed by atoms with Gasteiger partial charge in [0.15, 0.2) is 0 Å². The fourth-order valence-corrected chi connectivity index (χ4v) is 3.15. The van der Waals surface area contributed by atoms with Crippen LogP contribution in [0.4, 0.5) is 0 Å². The normalized spacial score (nSPS) is 18.5. The first-order chi connectivity index (χ1) is 10.8. The molecule has 0 saturated heterocycles. The Morgan fingerprint density at radius 3 is 2.86 bits per heavy atom. The molecular weight excluding hydrogens is 296 g/mol. The van der Waals surface area contributed by atoms with Gasteiger partial charge >= 0.3 is 0 Å². The van der Waals surface area contributed by atoms with E-state index < -0.39 is 0 Å². The van der Waals surface area contributed by atoms with Crippen LogP contribution in [0.25, 0.3) is 0 Å². The number of nitrogens with zero attached hydrogens (tertiary/aromatic N) is 1. The van der Waals surface area contributed by atoms with Crippen molar-refractivity contribution in [3.05, 3.63) is 64.7 Å². The van der Waals surface area contributed by atoms with Crippen LogP contribution >= 0.6 is 11.6 Å². The molecule has 1 atom stereocenters. The van der Waals surface area contributed by atoms with Gasteiger partial charge in [-0.1, -0.05) is 41.9 Å². The van der Waals surface area contributed by atoms with Crippen LogP contribution in [0.15, 0.2) is 48.5 Å². The Morgan fingerprint density at radius 1 is 1.18 bits per heavy atom. The van der Waals surface area contributed by atoms with Gasteiger partial charge in [0.05, 0.1) is 0 Å². The topological polar surface area (TPSA) is 38.5 Å². The molecule has 0 radical (unpaired) electrons. The molecule has 3 rings (SSSR count). The van der Waals surface area contributed by atoms with Crippen molar-refractivity contribution in [2.45, 2.75) is 12.5 Å². The van der Waals surface area contributed by atoms with E-state index in [0.29, 0.717) is 11.6 Å². The van der Waals surface area contributed by atoms with Crippen LogP contribution in [-0.4, -0.2) is 31.1 Å². The highest BCUT2D eigenvalue weighted by Gasteiger charge is 2.24. The SMILES string of the molecule is NCCN1CCc2ccccc2C(Oc2cccc(Cl)c2)C1. The maximum Gasteiger partial charge on any atom is 0.137 e. The molecule has 0 aromatic heterocycles. The average Bonchev–Trinajstić information content (AvgIpc) is 2.68. The van der Waals surface area contributed by atoms with Crippen LogP contribution in [0.3, 0.4) is 0 Å². The van der Waals surface area contributed by atoms with Gasteiger partial charge in [-0.25, -0.2) is 0 Å². The standard InChI is InChI=1S/C18H21ClN2O/c19-15-5-3-6-16(12-15)22-18-13-21(11-9-20)10-8-14-4-1-2-7-17(14)18/h1-7,12,18H,8-11,13,20H2.